The zero-order chi connectivity index (χ0) is 26.2. The second-order valence-electron chi connectivity index (χ2n) is 10.8. The third-order valence-electron chi connectivity index (χ3n) is 8.48. The van der Waals surface area contributed by atoms with Gasteiger partial charge in [-0.15, -0.1) is 0 Å². The van der Waals surface area contributed by atoms with Crippen LogP contribution in [0.1, 0.15) is 52.6 Å². The number of aromatic nitrogens is 4. The predicted molar refractivity (Wildman–Crippen MR) is 127 cm³/mol. The van der Waals surface area contributed by atoms with E-state index in [0.717, 1.165) is 6.42 Å². The van der Waals surface area contributed by atoms with Gasteiger partial charge in [-0.25, -0.2) is 15.0 Å². The molecule has 2 bridgehead atoms. The van der Waals surface area contributed by atoms with Gasteiger partial charge in [0.25, 0.3) is 5.91 Å². The Morgan fingerprint density at radius 1 is 1.28 bits per heavy atom. The lowest BCUT2D eigenvalue weighted by Gasteiger charge is -2.66. The normalized spacial score (nSPS) is 38.8. The molecule has 3 heterocycles. The van der Waals surface area contributed by atoms with Crippen LogP contribution < -0.4 is 11.1 Å². The van der Waals surface area contributed by atoms with Crippen molar-refractivity contribution < 1.29 is 30.0 Å². The molecule has 0 aromatic carbocycles. The van der Waals surface area contributed by atoms with Gasteiger partial charge in [-0.1, -0.05) is 19.8 Å². The minimum absolute atomic E-state index is 0.0159. The van der Waals surface area contributed by atoms with Crippen LogP contribution in [0.25, 0.3) is 11.2 Å². The number of nitrogens with one attached hydrogen (secondary N) is 1. The smallest absolute Gasteiger partial charge is 0.252 e. The molecule has 194 valence electrons. The number of ether oxygens (including phenoxy) is 1. The summed E-state index contributed by atoms with van der Waals surface area (Å²) in [5.74, 6) is 5.16. The first kappa shape index (κ1) is 24.9. The molecule has 3 saturated carbocycles. The fourth-order valence-electron chi connectivity index (χ4n) is 6.07. The molecule has 2 aromatic rings. The molecule has 1 saturated heterocycles. The van der Waals surface area contributed by atoms with E-state index in [1.165, 1.54) is 10.9 Å². The monoisotopic (exact) mass is 500 g/mol. The van der Waals surface area contributed by atoms with Gasteiger partial charge < -0.3 is 36.2 Å². The largest absolute Gasteiger partial charge is 0.387 e. The van der Waals surface area contributed by atoms with Gasteiger partial charge in [-0.2, -0.15) is 0 Å². The number of nitrogen functional groups attached to an aromatic ring is 1. The highest BCUT2D eigenvalue weighted by molar-refractivity contribution is 5.83. The van der Waals surface area contributed by atoms with Crippen molar-refractivity contribution in [3.63, 3.8) is 0 Å². The molecule has 3 aliphatic carbocycles. The lowest BCUT2D eigenvalue weighted by molar-refractivity contribution is -0.271. The van der Waals surface area contributed by atoms with Crippen LogP contribution in [0.15, 0.2) is 6.33 Å². The van der Waals surface area contributed by atoms with E-state index in [-0.39, 0.29) is 40.1 Å². The Labute approximate surface area is 207 Å². The zero-order valence-corrected chi connectivity index (χ0v) is 20.6. The molecule has 8 atom stereocenters. The van der Waals surface area contributed by atoms with Crippen molar-refractivity contribution >= 4 is 22.9 Å². The third-order valence-corrected chi connectivity index (χ3v) is 8.48. The first-order valence-electron chi connectivity index (χ1n) is 12.1. The standard InChI is InChI=1S/C24H32N6O6/c1-5-26-20(33)17-15(31)16(32)21(36-17)30-10-27-14-18(25)28-13(29-19(14)30)6-7-24(35)9-11-8-12(22(11,2)3)23(24,4)34/h10-12,15-17,21,31-32,34-35H,5,8-9H2,1-4H3,(H,26,33)(H2,25,28,29)/t11?,12?,15-,16?,17+,21-,23-,24-/m1/s1. The third kappa shape index (κ3) is 3.42. The van der Waals surface area contributed by atoms with E-state index in [4.69, 9.17) is 10.5 Å². The van der Waals surface area contributed by atoms with Crippen LogP contribution in [0.3, 0.4) is 0 Å². The highest BCUT2D eigenvalue weighted by atomic mass is 16.6. The van der Waals surface area contributed by atoms with Crippen LogP contribution in [-0.4, -0.2) is 81.9 Å². The summed E-state index contributed by atoms with van der Waals surface area (Å²) in [6, 6.07) is 0. The van der Waals surface area contributed by atoms with Crippen molar-refractivity contribution in [2.45, 2.75) is 76.3 Å². The molecule has 1 amide bonds. The van der Waals surface area contributed by atoms with E-state index >= 15 is 0 Å². The number of nitrogens with zero attached hydrogens (tertiary/aromatic N) is 4. The number of nitrogens with two attached hydrogens (primary N) is 1. The van der Waals surface area contributed by atoms with E-state index in [0.29, 0.717) is 13.0 Å². The van der Waals surface area contributed by atoms with Gasteiger partial charge in [0.1, 0.15) is 23.3 Å². The van der Waals surface area contributed by atoms with E-state index in [9.17, 15) is 25.2 Å². The van der Waals surface area contributed by atoms with Crippen LogP contribution in [0, 0.1) is 29.1 Å². The Bertz CT molecular complexity index is 1280. The number of carbonyl (C=O) groups is 1. The van der Waals surface area contributed by atoms with Gasteiger partial charge in [0.2, 0.25) is 5.82 Å². The SMILES string of the molecule is CCNC(=O)[C@H]1O[C@@H](n2cnc3c(N)nc(C#C[C@@]4(O)CC5CC(C5(C)C)[C@@]4(C)O)nc32)C(O)[C@H]1O. The predicted octanol–water partition coefficient (Wildman–Crippen LogP) is -0.937. The van der Waals surface area contributed by atoms with Crippen LogP contribution >= 0.6 is 0 Å². The maximum atomic E-state index is 12.2. The highest BCUT2D eigenvalue weighted by Crippen LogP contribution is 2.65. The van der Waals surface area contributed by atoms with Crippen molar-refractivity contribution in [2.24, 2.45) is 17.3 Å². The Hall–Kier alpha value is -2.82. The summed E-state index contributed by atoms with van der Waals surface area (Å²) >= 11 is 0. The van der Waals surface area contributed by atoms with Crippen molar-refractivity contribution in [3.8, 4) is 11.8 Å². The van der Waals surface area contributed by atoms with Gasteiger partial charge in [-0.05, 0) is 49.9 Å². The number of rotatable bonds is 3. The number of amides is 1. The van der Waals surface area contributed by atoms with Crippen LogP contribution in [-0.2, 0) is 9.53 Å². The number of fused-ring (bicyclic) bond motifs is 3. The first-order valence-corrected chi connectivity index (χ1v) is 12.1. The molecule has 2 aromatic heterocycles. The topological polar surface area (TPSA) is 189 Å². The summed E-state index contributed by atoms with van der Waals surface area (Å²) < 4.78 is 7.02. The summed E-state index contributed by atoms with van der Waals surface area (Å²) in [4.78, 5) is 25.0. The summed E-state index contributed by atoms with van der Waals surface area (Å²) in [5.41, 5.74) is 3.34. The number of hydrogen-bond acceptors (Lipinski definition) is 10. The maximum Gasteiger partial charge on any atom is 0.252 e. The number of aliphatic hydroxyl groups excluding tert-OH is 2. The highest BCUT2D eigenvalue weighted by Gasteiger charge is 2.68. The summed E-state index contributed by atoms with van der Waals surface area (Å²) in [6.45, 7) is 7.88. The molecule has 4 fully saturated rings. The lowest BCUT2D eigenvalue weighted by Crippen LogP contribution is -2.71. The van der Waals surface area contributed by atoms with Crippen LogP contribution in [0.5, 0.6) is 0 Å². The second-order valence-corrected chi connectivity index (χ2v) is 10.8. The first-order chi connectivity index (χ1) is 16.8. The fourth-order valence-corrected chi connectivity index (χ4v) is 6.07. The average Bonchev–Trinajstić information content (AvgIpc) is 3.35. The van der Waals surface area contributed by atoms with Gasteiger partial charge >= 0.3 is 0 Å². The Morgan fingerprint density at radius 3 is 2.64 bits per heavy atom. The van der Waals surface area contributed by atoms with Crippen molar-refractivity contribution in [1.82, 2.24) is 24.8 Å². The average molecular weight is 501 g/mol. The molecule has 6 rings (SSSR count). The molecule has 12 nitrogen and oxygen atoms in total. The van der Waals surface area contributed by atoms with Crippen molar-refractivity contribution in [3.05, 3.63) is 12.2 Å². The summed E-state index contributed by atoms with van der Waals surface area (Å²) in [5, 5.41) is 46.0. The van der Waals surface area contributed by atoms with Crippen LogP contribution in [0.2, 0.25) is 0 Å². The number of hydrogen-bond donors (Lipinski definition) is 6. The van der Waals surface area contributed by atoms with E-state index in [2.05, 4.69) is 46.0 Å². The lowest BCUT2D eigenvalue weighted by atomic mass is 9.41. The summed E-state index contributed by atoms with van der Waals surface area (Å²) in [6.07, 6.45) is -2.85. The quantitative estimate of drug-likeness (QED) is 0.287. The van der Waals surface area contributed by atoms with E-state index in [1.54, 1.807) is 13.8 Å². The number of carbonyl (C=O) groups excluding carboxylic acids is 1. The van der Waals surface area contributed by atoms with Gasteiger partial charge in [0.15, 0.2) is 29.4 Å². The molecular formula is C24H32N6O6. The molecule has 7 N–H and O–H groups in total. The second kappa shape index (κ2) is 8.09. The minimum Gasteiger partial charge on any atom is -0.387 e. The molecule has 36 heavy (non-hydrogen) atoms. The number of aliphatic hydroxyl groups is 4. The number of likely N-dealkylation sites (N-methyl/N-ethyl adjacent to an activating group) is 1. The van der Waals surface area contributed by atoms with E-state index in [1.807, 2.05) is 0 Å². The van der Waals surface area contributed by atoms with Crippen molar-refractivity contribution in [2.75, 3.05) is 12.3 Å². The van der Waals surface area contributed by atoms with Gasteiger partial charge in [0.05, 0.1) is 6.33 Å². The molecule has 12 heteroatoms. The Balaban J connectivity index is 1.48. The molecular weight excluding hydrogens is 468 g/mol. The number of anilines is 1. The minimum atomic E-state index is -1.64. The molecule has 0 radical (unpaired) electrons. The molecule has 4 aliphatic rings. The zero-order valence-electron chi connectivity index (χ0n) is 20.6. The maximum absolute atomic E-state index is 12.2. The Kier molecular flexibility index (Phi) is 5.59. The summed E-state index contributed by atoms with van der Waals surface area (Å²) in [7, 11) is 0. The number of imidazole rings is 1. The molecule has 1 aliphatic heterocycles. The van der Waals surface area contributed by atoms with Crippen LogP contribution in [0.4, 0.5) is 5.82 Å². The Morgan fingerprint density at radius 2 is 2.00 bits per heavy atom. The van der Waals surface area contributed by atoms with Gasteiger partial charge in [-0.3, -0.25) is 9.36 Å². The fraction of sp³-hybridized carbons (Fsp3) is 0.667. The van der Waals surface area contributed by atoms with Gasteiger partial charge in [0, 0.05) is 6.54 Å². The van der Waals surface area contributed by atoms with Crippen molar-refractivity contribution in [1.29, 1.82) is 0 Å². The molecule has 0 spiro atoms. The van der Waals surface area contributed by atoms with E-state index < -0.39 is 41.6 Å². The molecule has 3 unspecified atom stereocenters.